The van der Waals surface area contributed by atoms with E-state index in [2.05, 4.69) is 16.4 Å². The lowest BCUT2D eigenvalue weighted by atomic mass is 10.1. The van der Waals surface area contributed by atoms with Crippen molar-refractivity contribution in [2.45, 2.75) is 6.92 Å². The molecule has 0 amide bonds. The van der Waals surface area contributed by atoms with E-state index in [-0.39, 0.29) is 5.97 Å². The molecule has 0 unspecified atom stereocenters. The highest BCUT2D eigenvalue weighted by Crippen LogP contribution is 2.28. The summed E-state index contributed by atoms with van der Waals surface area (Å²) < 4.78 is 4.97. The summed E-state index contributed by atoms with van der Waals surface area (Å²) in [6, 6.07) is 16.7. The molecule has 0 radical (unpaired) electrons. The molecule has 0 bridgehead atoms. The minimum atomic E-state index is -0.351. The van der Waals surface area contributed by atoms with Gasteiger partial charge in [0, 0.05) is 17.3 Å². The zero-order chi connectivity index (χ0) is 16.9. The summed E-state index contributed by atoms with van der Waals surface area (Å²) in [4.78, 5) is 16.0. The molecule has 0 spiro atoms. The van der Waals surface area contributed by atoms with Gasteiger partial charge in [-0.2, -0.15) is 5.26 Å². The van der Waals surface area contributed by atoms with Crippen molar-refractivity contribution in [1.29, 1.82) is 5.26 Å². The van der Waals surface area contributed by atoms with Crippen LogP contribution in [-0.2, 0) is 4.74 Å². The monoisotopic (exact) mass is 317 g/mol. The number of pyridine rings is 1. The molecular formula is C19H15N3O2. The van der Waals surface area contributed by atoms with Crippen LogP contribution in [-0.4, -0.2) is 17.6 Å². The normalized spacial score (nSPS) is 10.2. The van der Waals surface area contributed by atoms with Gasteiger partial charge in [-0.05, 0) is 37.3 Å². The van der Waals surface area contributed by atoms with Gasteiger partial charge in [-0.3, -0.25) is 4.98 Å². The topological polar surface area (TPSA) is 75.0 Å². The van der Waals surface area contributed by atoms with Crippen molar-refractivity contribution in [3.8, 4) is 6.07 Å². The Balaban J connectivity index is 1.95. The number of nitrogens with zero attached hydrogens (tertiary/aromatic N) is 2. The molecular weight excluding hydrogens is 302 g/mol. The van der Waals surface area contributed by atoms with Crippen LogP contribution >= 0.6 is 0 Å². The summed E-state index contributed by atoms with van der Waals surface area (Å²) in [5, 5.41) is 13.5. The highest BCUT2D eigenvalue weighted by molar-refractivity contribution is 5.96. The van der Waals surface area contributed by atoms with Crippen LogP contribution in [0.5, 0.6) is 0 Å². The van der Waals surface area contributed by atoms with Crippen molar-refractivity contribution in [2.75, 3.05) is 11.9 Å². The maximum Gasteiger partial charge on any atom is 0.338 e. The minimum absolute atomic E-state index is 0.341. The van der Waals surface area contributed by atoms with Crippen LogP contribution in [0.2, 0.25) is 0 Å². The first-order valence-electron chi connectivity index (χ1n) is 7.55. The van der Waals surface area contributed by atoms with Crippen LogP contribution in [0.3, 0.4) is 0 Å². The van der Waals surface area contributed by atoms with Gasteiger partial charge in [0.25, 0.3) is 0 Å². The molecule has 118 valence electrons. The van der Waals surface area contributed by atoms with Crippen LogP contribution in [0.25, 0.3) is 10.9 Å². The van der Waals surface area contributed by atoms with Crippen molar-refractivity contribution < 1.29 is 9.53 Å². The Morgan fingerprint density at radius 1 is 1.21 bits per heavy atom. The van der Waals surface area contributed by atoms with Gasteiger partial charge in [0.15, 0.2) is 0 Å². The SMILES string of the molecule is CCOC(=O)c1ccc(Nc2c(C#N)cnc3ccccc23)cc1. The second-order valence-corrected chi connectivity index (χ2v) is 5.10. The summed E-state index contributed by atoms with van der Waals surface area (Å²) in [5.74, 6) is -0.351. The summed E-state index contributed by atoms with van der Waals surface area (Å²) in [6.45, 7) is 2.11. The molecule has 5 heteroatoms. The number of ether oxygens (including phenoxy) is 1. The summed E-state index contributed by atoms with van der Waals surface area (Å²) in [5.41, 5.74) is 3.23. The first-order valence-corrected chi connectivity index (χ1v) is 7.55. The van der Waals surface area contributed by atoms with Gasteiger partial charge in [-0.15, -0.1) is 0 Å². The van der Waals surface area contributed by atoms with E-state index in [1.54, 1.807) is 37.4 Å². The number of fused-ring (bicyclic) bond motifs is 1. The number of para-hydroxylation sites is 1. The molecule has 0 aliphatic heterocycles. The predicted molar refractivity (Wildman–Crippen MR) is 92.1 cm³/mol. The van der Waals surface area contributed by atoms with Gasteiger partial charge in [-0.1, -0.05) is 18.2 Å². The van der Waals surface area contributed by atoms with Crippen molar-refractivity contribution in [3.05, 3.63) is 65.9 Å². The number of carbonyl (C=O) groups excluding carboxylic acids is 1. The molecule has 24 heavy (non-hydrogen) atoms. The van der Waals surface area contributed by atoms with Crippen LogP contribution < -0.4 is 5.32 Å². The fraction of sp³-hybridized carbons (Fsp3) is 0.105. The van der Waals surface area contributed by atoms with Crippen LogP contribution in [0.1, 0.15) is 22.8 Å². The maximum atomic E-state index is 11.7. The maximum absolute atomic E-state index is 11.7. The molecule has 3 rings (SSSR count). The van der Waals surface area contributed by atoms with Gasteiger partial charge >= 0.3 is 5.97 Å². The Bertz CT molecular complexity index is 927. The van der Waals surface area contributed by atoms with Crippen molar-refractivity contribution in [3.63, 3.8) is 0 Å². The van der Waals surface area contributed by atoms with Gasteiger partial charge in [0.1, 0.15) is 6.07 Å². The molecule has 2 aromatic carbocycles. The minimum Gasteiger partial charge on any atom is -0.462 e. The third-order valence-electron chi connectivity index (χ3n) is 3.56. The van der Waals surface area contributed by atoms with Crippen LogP contribution in [0.15, 0.2) is 54.7 Å². The summed E-state index contributed by atoms with van der Waals surface area (Å²) in [7, 11) is 0. The molecule has 3 aromatic rings. The molecule has 0 saturated carbocycles. The van der Waals surface area contributed by atoms with Crippen LogP contribution in [0, 0.1) is 11.3 Å². The van der Waals surface area contributed by atoms with E-state index in [4.69, 9.17) is 4.74 Å². The number of nitriles is 1. The number of hydrogen-bond donors (Lipinski definition) is 1. The standard InChI is InChI=1S/C19H15N3O2/c1-2-24-19(23)13-7-9-15(10-8-13)22-18-14(11-20)12-21-17-6-4-3-5-16(17)18/h3-10,12H,2H2,1H3,(H,21,22). The third kappa shape index (κ3) is 3.03. The highest BCUT2D eigenvalue weighted by atomic mass is 16.5. The van der Waals surface area contributed by atoms with E-state index >= 15 is 0 Å². The number of hydrogen-bond acceptors (Lipinski definition) is 5. The van der Waals surface area contributed by atoms with E-state index in [1.165, 1.54) is 0 Å². The summed E-state index contributed by atoms with van der Waals surface area (Å²) in [6.07, 6.45) is 1.55. The number of esters is 1. The lowest BCUT2D eigenvalue weighted by Crippen LogP contribution is -2.04. The van der Waals surface area contributed by atoms with E-state index in [9.17, 15) is 10.1 Å². The Labute approximate surface area is 139 Å². The van der Waals surface area contributed by atoms with Gasteiger partial charge in [0.05, 0.1) is 28.9 Å². The zero-order valence-corrected chi connectivity index (χ0v) is 13.1. The Hall–Kier alpha value is -3.39. The molecule has 0 aliphatic carbocycles. The molecule has 1 heterocycles. The first-order chi connectivity index (χ1) is 11.7. The Kier molecular flexibility index (Phi) is 4.39. The fourth-order valence-electron chi connectivity index (χ4n) is 2.41. The van der Waals surface area contributed by atoms with Gasteiger partial charge in [-0.25, -0.2) is 4.79 Å². The smallest absolute Gasteiger partial charge is 0.338 e. The Morgan fingerprint density at radius 3 is 2.67 bits per heavy atom. The highest BCUT2D eigenvalue weighted by Gasteiger charge is 2.10. The zero-order valence-electron chi connectivity index (χ0n) is 13.1. The van der Waals surface area contributed by atoms with E-state index in [1.807, 2.05) is 24.3 Å². The van der Waals surface area contributed by atoms with Crippen molar-refractivity contribution in [1.82, 2.24) is 4.98 Å². The second kappa shape index (κ2) is 6.80. The van der Waals surface area contributed by atoms with E-state index in [0.717, 1.165) is 16.6 Å². The molecule has 0 fully saturated rings. The molecule has 0 atom stereocenters. The van der Waals surface area contributed by atoms with Crippen molar-refractivity contribution in [2.24, 2.45) is 0 Å². The van der Waals surface area contributed by atoms with Gasteiger partial charge in [0.2, 0.25) is 0 Å². The molecule has 1 N–H and O–H groups in total. The lowest BCUT2D eigenvalue weighted by molar-refractivity contribution is 0.0526. The Morgan fingerprint density at radius 2 is 1.96 bits per heavy atom. The number of anilines is 2. The number of carbonyl (C=O) groups is 1. The number of benzene rings is 2. The van der Waals surface area contributed by atoms with Crippen LogP contribution in [0.4, 0.5) is 11.4 Å². The third-order valence-corrected chi connectivity index (χ3v) is 3.56. The molecule has 0 aliphatic rings. The van der Waals surface area contributed by atoms with E-state index in [0.29, 0.717) is 23.4 Å². The first kappa shape index (κ1) is 15.5. The average Bonchev–Trinajstić information content (AvgIpc) is 2.63. The average molecular weight is 317 g/mol. The molecule has 1 aromatic heterocycles. The van der Waals surface area contributed by atoms with Crippen molar-refractivity contribution >= 4 is 28.2 Å². The second-order valence-electron chi connectivity index (χ2n) is 5.10. The predicted octanol–water partition coefficient (Wildman–Crippen LogP) is 4.03. The number of rotatable bonds is 4. The van der Waals surface area contributed by atoms with E-state index < -0.39 is 0 Å². The fourth-order valence-corrected chi connectivity index (χ4v) is 2.41. The quantitative estimate of drug-likeness (QED) is 0.735. The molecule has 0 saturated heterocycles. The van der Waals surface area contributed by atoms with Gasteiger partial charge < -0.3 is 10.1 Å². The molecule has 5 nitrogen and oxygen atoms in total. The number of aromatic nitrogens is 1. The largest absolute Gasteiger partial charge is 0.462 e. The lowest BCUT2D eigenvalue weighted by Gasteiger charge is -2.11. The summed E-state index contributed by atoms with van der Waals surface area (Å²) >= 11 is 0. The number of nitrogens with one attached hydrogen (secondary N) is 1.